The van der Waals surface area contributed by atoms with Crippen LogP contribution in [0.5, 0.6) is 0 Å². The molecule has 1 heterocycles. The summed E-state index contributed by atoms with van der Waals surface area (Å²) >= 11 is 6.05. The Balaban J connectivity index is 2.22. The summed E-state index contributed by atoms with van der Waals surface area (Å²) in [7, 11) is 1.95. The standard InChI is InChI=1S/C16H22ClN3/c1-4-8-18-16(11-14-7-9-20(3)19-14)15-6-5-13(17)10-12(15)2/h5-7,9-10,16,18H,4,8,11H2,1-3H3. The number of aromatic nitrogens is 2. The molecule has 0 radical (unpaired) electrons. The van der Waals surface area contributed by atoms with Crippen molar-refractivity contribution < 1.29 is 0 Å². The summed E-state index contributed by atoms with van der Waals surface area (Å²) in [5.41, 5.74) is 3.63. The minimum absolute atomic E-state index is 0.280. The quantitative estimate of drug-likeness (QED) is 0.880. The highest BCUT2D eigenvalue weighted by Crippen LogP contribution is 2.24. The van der Waals surface area contributed by atoms with E-state index in [4.69, 9.17) is 11.6 Å². The maximum absolute atomic E-state index is 6.05. The molecule has 20 heavy (non-hydrogen) atoms. The first-order valence-electron chi connectivity index (χ1n) is 7.08. The number of rotatable bonds is 6. The van der Waals surface area contributed by atoms with Crippen LogP contribution >= 0.6 is 11.6 Å². The van der Waals surface area contributed by atoms with E-state index in [1.165, 1.54) is 11.1 Å². The van der Waals surface area contributed by atoms with Gasteiger partial charge in [0.15, 0.2) is 0 Å². The zero-order chi connectivity index (χ0) is 14.5. The van der Waals surface area contributed by atoms with Crippen molar-refractivity contribution in [1.82, 2.24) is 15.1 Å². The number of hydrogen-bond acceptors (Lipinski definition) is 2. The van der Waals surface area contributed by atoms with E-state index >= 15 is 0 Å². The molecule has 1 N–H and O–H groups in total. The molecule has 2 aromatic rings. The van der Waals surface area contributed by atoms with Gasteiger partial charge in [0.1, 0.15) is 0 Å². The average Bonchev–Trinajstić information content (AvgIpc) is 2.80. The lowest BCUT2D eigenvalue weighted by atomic mass is 9.97. The van der Waals surface area contributed by atoms with E-state index in [2.05, 4.69) is 36.4 Å². The van der Waals surface area contributed by atoms with E-state index in [1.54, 1.807) is 0 Å². The first-order valence-corrected chi connectivity index (χ1v) is 7.46. The average molecular weight is 292 g/mol. The third-order valence-electron chi connectivity index (χ3n) is 3.43. The Morgan fingerprint density at radius 1 is 1.35 bits per heavy atom. The minimum Gasteiger partial charge on any atom is -0.310 e. The van der Waals surface area contributed by atoms with Gasteiger partial charge in [-0.3, -0.25) is 4.68 Å². The van der Waals surface area contributed by atoms with Crippen LogP contribution in [0.2, 0.25) is 5.02 Å². The summed E-state index contributed by atoms with van der Waals surface area (Å²) in [5, 5.41) is 8.88. The molecular weight excluding hydrogens is 270 g/mol. The van der Waals surface area contributed by atoms with Crippen LogP contribution in [0.15, 0.2) is 30.5 Å². The van der Waals surface area contributed by atoms with Crippen LogP contribution in [0, 0.1) is 6.92 Å². The number of aryl methyl sites for hydroxylation is 2. The van der Waals surface area contributed by atoms with Crippen molar-refractivity contribution in [2.75, 3.05) is 6.54 Å². The van der Waals surface area contributed by atoms with Gasteiger partial charge in [-0.1, -0.05) is 24.6 Å². The van der Waals surface area contributed by atoms with Crippen molar-refractivity contribution in [2.24, 2.45) is 7.05 Å². The number of hydrogen-bond donors (Lipinski definition) is 1. The Morgan fingerprint density at radius 2 is 2.15 bits per heavy atom. The van der Waals surface area contributed by atoms with E-state index < -0.39 is 0 Å². The van der Waals surface area contributed by atoms with Gasteiger partial charge >= 0.3 is 0 Å². The predicted octanol–water partition coefficient (Wildman–Crippen LogP) is 3.67. The minimum atomic E-state index is 0.280. The van der Waals surface area contributed by atoms with Gasteiger partial charge in [-0.25, -0.2) is 0 Å². The fourth-order valence-electron chi connectivity index (χ4n) is 2.42. The summed E-state index contributed by atoms with van der Waals surface area (Å²) in [6, 6.07) is 8.46. The second-order valence-electron chi connectivity index (χ2n) is 5.19. The van der Waals surface area contributed by atoms with Crippen LogP contribution in [-0.4, -0.2) is 16.3 Å². The van der Waals surface area contributed by atoms with E-state index in [1.807, 2.05) is 30.1 Å². The van der Waals surface area contributed by atoms with Gasteiger partial charge in [-0.05, 0) is 49.2 Å². The van der Waals surface area contributed by atoms with Crippen molar-refractivity contribution in [2.45, 2.75) is 32.7 Å². The molecule has 108 valence electrons. The van der Waals surface area contributed by atoms with Crippen molar-refractivity contribution >= 4 is 11.6 Å². The highest BCUT2D eigenvalue weighted by atomic mass is 35.5. The summed E-state index contributed by atoms with van der Waals surface area (Å²) in [6.07, 6.45) is 4.00. The molecule has 1 aromatic carbocycles. The molecule has 0 aliphatic carbocycles. The topological polar surface area (TPSA) is 29.9 Å². The second kappa shape index (κ2) is 6.91. The summed E-state index contributed by atoms with van der Waals surface area (Å²) in [4.78, 5) is 0. The van der Waals surface area contributed by atoms with Crippen LogP contribution < -0.4 is 5.32 Å². The summed E-state index contributed by atoms with van der Waals surface area (Å²) in [5.74, 6) is 0. The Hall–Kier alpha value is -1.32. The number of benzene rings is 1. The zero-order valence-electron chi connectivity index (χ0n) is 12.4. The summed E-state index contributed by atoms with van der Waals surface area (Å²) < 4.78 is 1.85. The smallest absolute Gasteiger partial charge is 0.0643 e. The molecule has 0 aliphatic rings. The first kappa shape index (κ1) is 15.1. The Kier molecular flexibility index (Phi) is 5.21. The Labute approximate surface area is 126 Å². The molecule has 0 aliphatic heterocycles. The Morgan fingerprint density at radius 3 is 2.75 bits per heavy atom. The van der Waals surface area contributed by atoms with Crippen LogP contribution in [0.3, 0.4) is 0 Å². The normalized spacial score (nSPS) is 12.6. The van der Waals surface area contributed by atoms with Crippen molar-refractivity contribution in [1.29, 1.82) is 0 Å². The third-order valence-corrected chi connectivity index (χ3v) is 3.67. The third kappa shape index (κ3) is 3.84. The lowest BCUT2D eigenvalue weighted by Gasteiger charge is -2.20. The van der Waals surface area contributed by atoms with Crippen LogP contribution in [0.25, 0.3) is 0 Å². The van der Waals surface area contributed by atoms with Gasteiger partial charge in [0.25, 0.3) is 0 Å². The molecule has 3 nitrogen and oxygen atoms in total. The van der Waals surface area contributed by atoms with Crippen molar-refractivity contribution in [3.05, 3.63) is 52.3 Å². The number of halogens is 1. The fourth-order valence-corrected chi connectivity index (χ4v) is 2.65. The van der Waals surface area contributed by atoms with Crippen LogP contribution in [-0.2, 0) is 13.5 Å². The van der Waals surface area contributed by atoms with E-state index in [0.717, 1.165) is 30.1 Å². The highest BCUT2D eigenvalue weighted by Gasteiger charge is 2.15. The van der Waals surface area contributed by atoms with Crippen LogP contribution in [0.4, 0.5) is 0 Å². The molecule has 1 atom stereocenters. The van der Waals surface area contributed by atoms with Gasteiger partial charge in [-0.15, -0.1) is 0 Å². The van der Waals surface area contributed by atoms with Crippen LogP contribution in [0.1, 0.15) is 36.2 Å². The van der Waals surface area contributed by atoms with Gasteiger partial charge in [-0.2, -0.15) is 5.10 Å². The molecule has 0 bridgehead atoms. The largest absolute Gasteiger partial charge is 0.310 e. The molecule has 0 saturated heterocycles. The molecule has 0 saturated carbocycles. The monoisotopic (exact) mass is 291 g/mol. The second-order valence-corrected chi connectivity index (χ2v) is 5.63. The lowest BCUT2D eigenvalue weighted by Crippen LogP contribution is -2.25. The molecule has 1 unspecified atom stereocenters. The van der Waals surface area contributed by atoms with Crippen molar-refractivity contribution in [3.63, 3.8) is 0 Å². The fraction of sp³-hybridized carbons (Fsp3) is 0.438. The zero-order valence-corrected chi connectivity index (χ0v) is 13.1. The predicted molar refractivity (Wildman–Crippen MR) is 84.1 cm³/mol. The highest BCUT2D eigenvalue weighted by molar-refractivity contribution is 6.30. The molecule has 0 amide bonds. The summed E-state index contributed by atoms with van der Waals surface area (Å²) in [6.45, 7) is 5.29. The first-order chi connectivity index (χ1) is 9.60. The molecule has 4 heteroatoms. The molecule has 2 rings (SSSR count). The lowest BCUT2D eigenvalue weighted by molar-refractivity contribution is 0.519. The Bertz CT molecular complexity index is 563. The SMILES string of the molecule is CCCNC(Cc1ccn(C)n1)c1ccc(Cl)cc1C. The van der Waals surface area contributed by atoms with E-state index in [0.29, 0.717) is 0 Å². The molecular formula is C16H22ClN3. The molecule has 0 spiro atoms. The van der Waals surface area contributed by atoms with Gasteiger partial charge < -0.3 is 5.32 Å². The molecule has 1 aromatic heterocycles. The van der Waals surface area contributed by atoms with Gasteiger partial charge in [0.05, 0.1) is 5.69 Å². The number of nitrogens with one attached hydrogen (secondary N) is 1. The maximum atomic E-state index is 6.05. The maximum Gasteiger partial charge on any atom is 0.0643 e. The van der Waals surface area contributed by atoms with Gasteiger partial charge in [0, 0.05) is 30.7 Å². The number of nitrogens with zero attached hydrogens (tertiary/aromatic N) is 2. The molecule has 0 fully saturated rings. The van der Waals surface area contributed by atoms with E-state index in [9.17, 15) is 0 Å². The van der Waals surface area contributed by atoms with E-state index in [-0.39, 0.29) is 6.04 Å². The van der Waals surface area contributed by atoms with Gasteiger partial charge in [0.2, 0.25) is 0 Å². The van der Waals surface area contributed by atoms with Crippen molar-refractivity contribution in [3.8, 4) is 0 Å².